The molecule has 3 heteroatoms. The Morgan fingerprint density at radius 3 is 2.77 bits per heavy atom. The Morgan fingerprint density at radius 2 is 2.09 bits per heavy atom. The maximum atomic E-state index is 10.8. The van der Waals surface area contributed by atoms with Gasteiger partial charge in [-0.3, -0.25) is 0 Å². The average Bonchev–Trinajstić information content (AvgIpc) is 3.04. The van der Waals surface area contributed by atoms with E-state index in [1.165, 1.54) is 43.7 Å². The summed E-state index contributed by atoms with van der Waals surface area (Å²) in [5, 5.41) is 8.86. The molecule has 2 rings (SSSR count). The van der Waals surface area contributed by atoms with E-state index in [1.807, 2.05) is 12.1 Å². The Morgan fingerprint density at radius 1 is 1.32 bits per heavy atom. The number of rotatable bonds is 8. The lowest BCUT2D eigenvalue weighted by atomic mass is 9.94. The van der Waals surface area contributed by atoms with Crippen molar-refractivity contribution >= 4 is 12.0 Å². The minimum absolute atomic E-state index is 0.555. The van der Waals surface area contributed by atoms with Crippen molar-refractivity contribution < 1.29 is 14.6 Å². The van der Waals surface area contributed by atoms with Crippen molar-refractivity contribution in [1.29, 1.82) is 0 Å². The number of carboxylic acids is 1. The first-order valence-electron chi connectivity index (χ1n) is 8.39. The van der Waals surface area contributed by atoms with Crippen LogP contribution in [0.5, 0.6) is 5.75 Å². The molecule has 0 amide bonds. The second-order valence-electron chi connectivity index (χ2n) is 5.97. The van der Waals surface area contributed by atoms with Gasteiger partial charge in [-0.25, -0.2) is 4.79 Å². The highest BCUT2D eigenvalue weighted by molar-refractivity contribution is 5.86. The van der Waals surface area contributed by atoms with Gasteiger partial charge in [0.1, 0.15) is 5.75 Å². The van der Waals surface area contributed by atoms with E-state index in [0.717, 1.165) is 24.2 Å². The number of ether oxygens (including phenoxy) is 1. The largest absolute Gasteiger partial charge is 0.493 e. The zero-order chi connectivity index (χ0) is 15.8. The van der Waals surface area contributed by atoms with Gasteiger partial charge in [-0.2, -0.15) is 0 Å². The lowest BCUT2D eigenvalue weighted by Gasteiger charge is -2.18. The van der Waals surface area contributed by atoms with Crippen molar-refractivity contribution in [2.75, 3.05) is 6.61 Å². The van der Waals surface area contributed by atoms with Crippen LogP contribution in [-0.4, -0.2) is 17.7 Å². The van der Waals surface area contributed by atoms with E-state index in [1.54, 1.807) is 6.08 Å². The topological polar surface area (TPSA) is 46.5 Å². The van der Waals surface area contributed by atoms with E-state index >= 15 is 0 Å². The molecule has 3 nitrogen and oxygen atoms in total. The van der Waals surface area contributed by atoms with Gasteiger partial charge in [0.2, 0.25) is 0 Å². The molecule has 1 aliphatic rings. The van der Waals surface area contributed by atoms with Crippen LogP contribution in [0, 0.1) is 0 Å². The van der Waals surface area contributed by atoms with Crippen molar-refractivity contribution in [3.63, 3.8) is 0 Å². The molecule has 0 radical (unpaired) electrons. The fourth-order valence-electron chi connectivity index (χ4n) is 3.12. The van der Waals surface area contributed by atoms with Crippen LogP contribution in [0.15, 0.2) is 24.3 Å². The van der Waals surface area contributed by atoms with Crippen LogP contribution in [0.4, 0.5) is 0 Å². The van der Waals surface area contributed by atoms with Gasteiger partial charge in [-0.05, 0) is 36.8 Å². The summed E-state index contributed by atoms with van der Waals surface area (Å²) < 4.78 is 6.07. The predicted octanol–water partition coefficient (Wildman–Crippen LogP) is 5.01. The van der Waals surface area contributed by atoms with Gasteiger partial charge >= 0.3 is 5.97 Å². The fourth-order valence-corrected chi connectivity index (χ4v) is 3.12. The molecule has 1 aromatic carbocycles. The van der Waals surface area contributed by atoms with Gasteiger partial charge in [0.05, 0.1) is 6.61 Å². The van der Waals surface area contributed by atoms with E-state index in [-0.39, 0.29) is 0 Å². The van der Waals surface area contributed by atoms with Crippen LogP contribution in [0.25, 0.3) is 6.08 Å². The SMILES string of the molecule is CCCCCOc1c(/C=C/C(=O)O)cccc1C1CCCC1. The molecule has 0 heterocycles. The molecule has 0 saturated heterocycles. The third-order valence-corrected chi connectivity index (χ3v) is 4.27. The lowest BCUT2D eigenvalue weighted by Crippen LogP contribution is -2.04. The summed E-state index contributed by atoms with van der Waals surface area (Å²) in [7, 11) is 0. The van der Waals surface area contributed by atoms with Gasteiger partial charge in [-0.1, -0.05) is 50.8 Å². The summed E-state index contributed by atoms with van der Waals surface area (Å²) in [4.78, 5) is 10.8. The first kappa shape index (κ1) is 16.6. The molecular formula is C19H26O3. The normalized spacial score (nSPS) is 15.5. The second kappa shape index (κ2) is 8.62. The Bertz CT molecular complexity index is 513. The van der Waals surface area contributed by atoms with E-state index in [0.29, 0.717) is 12.5 Å². The summed E-state index contributed by atoms with van der Waals surface area (Å²) in [6, 6.07) is 6.09. The summed E-state index contributed by atoms with van der Waals surface area (Å²) in [5.74, 6) is 0.519. The van der Waals surface area contributed by atoms with E-state index in [2.05, 4.69) is 13.0 Å². The summed E-state index contributed by atoms with van der Waals surface area (Å²) >= 11 is 0. The number of hydrogen-bond acceptors (Lipinski definition) is 2. The van der Waals surface area contributed by atoms with Gasteiger partial charge in [0, 0.05) is 11.6 Å². The van der Waals surface area contributed by atoms with Crippen LogP contribution >= 0.6 is 0 Å². The molecule has 0 aromatic heterocycles. The van der Waals surface area contributed by atoms with Crippen molar-refractivity contribution in [1.82, 2.24) is 0 Å². The third kappa shape index (κ3) is 4.62. The Hall–Kier alpha value is -1.77. The summed E-state index contributed by atoms with van der Waals surface area (Å²) in [6.45, 7) is 2.87. The Kier molecular flexibility index (Phi) is 6.50. The number of para-hydroxylation sites is 1. The predicted molar refractivity (Wildman–Crippen MR) is 89.3 cm³/mol. The van der Waals surface area contributed by atoms with Gasteiger partial charge in [0.15, 0.2) is 0 Å². The molecular weight excluding hydrogens is 276 g/mol. The third-order valence-electron chi connectivity index (χ3n) is 4.27. The highest BCUT2D eigenvalue weighted by atomic mass is 16.5. The molecule has 0 atom stereocenters. The van der Waals surface area contributed by atoms with Crippen LogP contribution < -0.4 is 4.74 Å². The highest BCUT2D eigenvalue weighted by Crippen LogP contribution is 2.40. The van der Waals surface area contributed by atoms with Gasteiger partial charge in [0.25, 0.3) is 0 Å². The zero-order valence-corrected chi connectivity index (χ0v) is 13.4. The average molecular weight is 302 g/mol. The van der Waals surface area contributed by atoms with Crippen molar-refractivity contribution in [3.8, 4) is 5.75 Å². The molecule has 1 aliphatic carbocycles. The Labute approximate surface area is 133 Å². The van der Waals surface area contributed by atoms with Crippen LogP contribution in [0.2, 0.25) is 0 Å². The van der Waals surface area contributed by atoms with E-state index < -0.39 is 5.97 Å². The van der Waals surface area contributed by atoms with E-state index in [4.69, 9.17) is 9.84 Å². The molecule has 1 saturated carbocycles. The quantitative estimate of drug-likeness (QED) is 0.542. The molecule has 0 spiro atoms. The van der Waals surface area contributed by atoms with Gasteiger partial charge in [-0.15, -0.1) is 0 Å². The monoisotopic (exact) mass is 302 g/mol. The minimum atomic E-state index is -0.928. The molecule has 1 aromatic rings. The molecule has 1 N–H and O–H groups in total. The van der Waals surface area contributed by atoms with Crippen molar-refractivity contribution in [3.05, 3.63) is 35.4 Å². The Balaban J connectivity index is 2.22. The lowest BCUT2D eigenvalue weighted by molar-refractivity contribution is -0.131. The first-order chi connectivity index (χ1) is 10.7. The van der Waals surface area contributed by atoms with E-state index in [9.17, 15) is 4.79 Å². The fraction of sp³-hybridized carbons (Fsp3) is 0.526. The number of aliphatic carboxylic acids is 1. The van der Waals surface area contributed by atoms with Gasteiger partial charge < -0.3 is 9.84 Å². The molecule has 0 unspecified atom stereocenters. The van der Waals surface area contributed by atoms with Crippen LogP contribution in [0.1, 0.15) is 68.9 Å². The first-order valence-corrected chi connectivity index (χ1v) is 8.39. The minimum Gasteiger partial charge on any atom is -0.493 e. The molecule has 1 fully saturated rings. The maximum absolute atomic E-state index is 10.8. The molecule has 120 valence electrons. The van der Waals surface area contributed by atoms with Crippen molar-refractivity contribution in [2.45, 2.75) is 57.8 Å². The van der Waals surface area contributed by atoms with Crippen LogP contribution in [0.3, 0.4) is 0 Å². The number of hydrogen-bond donors (Lipinski definition) is 1. The standard InChI is InChI=1S/C19H26O3/c1-2-3-6-14-22-19-16(12-13-18(20)21)10-7-11-17(19)15-8-4-5-9-15/h7,10-13,15H,2-6,8-9,14H2,1H3,(H,20,21)/b13-12+. The van der Waals surface area contributed by atoms with Crippen molar-refractivity contribution in [2.24, 2.45) is 0 Å². The molecule has 0 aliphatic heterocycles. The summed E-state index contributed by atoms with van der Waals surface area (Å²) in [6.07, 6.45) is 11.2. The number of carbonyl (C=O) groups is 1. The number of benzene rings is 1. The second-order valence-corrected chi connectivity index (χ2v) is 5.97. The summed E-state index contributed by atoms with van der Waals surface area (Å²) in [5.41, 5.74) is 2.13. The smallest absolute Gasteiger partial charge is 0.328 e. The number of carboxylic acid groups (broad SMARTS) is 1. The maximum Gasteiger partial charge on any atom is 0.328 e. The van der Waals surface area contributed by atoms with Crippen LogP contribution in [-0.2, 0) is 4.79 Å². The molecule has 22 heavy (non-hydrogen) atoms. The molecule has 0 bridgehead atoms. The highest BCUT2D eigenvalue weighted by Gasteiger charge is 2.21. The number of unbranched alkanes of at least 4 members (excludes halogenated alkanes) is 2. The zero-order valence-electron chi connectivity index (χ0n) is 13.4.